The summed E-state index contributed by atoms with van der Waals surface area (Å²) in [5, 5.41) is 32.6. The van der Waals surface area contributed by atoms with Gasteiger partial charge in [0.05, 0.1) is 51.1 Å². The van der Waals surface area contributed by atoms with E-state index in [9.17, 15) is 19.8 Å². The first kappa shape index (κ1) is 25.9. The van der Waals surface area contributed by atoms with Crippen LogP contribution in [0.1, 0.15) is 20.7 Å². The average molecular weight is 536 g/mol. The Hall–Kier alpha value is -5.71. The third kappa shape index (κ3) is 5.43. The highest BCUT2D eigenvalue weighted by atomic mass is 16.4. The number of aromatic carboxylic acids is 2. The van der Waals surface area contributed by atoms with Crippen molar-refractivity contribution in [3.8, 4) is 17.1 Å². The lowest BCUT2D eigenvalue weighted by Crippen LogP contribution is -2.32. The fourth-order valence-electron chi connectivity index (χ4n) is 4.32. The Morgan fingerprint density at radius 1 is 0.925 bits per heavy atom. The number of carboxylic acids is 2. The summed E-state index contributed by atoms with van der Waals surface area (Å²) in [6.45, 7) is 0.679. The van der Waals surface area contributed by atoms with E-state index in [1.165, 1.54) is 12.1 Å². The molecule has 0 amide bonds. The van der Waals surface area contributed by atoms with Crippen LogP contribution in [0.4, 0.5) is 11.4 Å². The van der Waals surface area contributed by atoms with Crippen LogP contribution in [0.25, 0.3) is 28.1 Å². The number of hydrogen-bond donors (Lipinski definition) is 6. The molecule has 7 N–H and O–H groups in total. The van der Waals surface area contributed by atoms with Crippen LogP contribution in [-0.4, -0.2) is 50.8 Å². The van der Waals surface area contributed by atoms with Gasteiger partial charge in [0.1, 0.15) is 0 Å². The van der Waals surface area contributed by atoms with Crippen molar-refractivity contribution in [3.63, 3.8) is 0 Å². The van der Waals surface area contributed by atoms with Crippen LogP contribution in [0.5, 0.6) is 0 Å². The number of aromatic nitrogens is 2. The molecule has 2 aliphatic rings. The number of carboxylic acid groups (broad SMARTS) is 2. The smallest absolute Gasteiger partial charge is 0.335 e. The third-order valence-electron chi connectivity index (χ3n) is 6.19. The van der Waals surface area contributed by atoms with Gasteiger partial charge in [-0.05, 0) is 72.8 Å². The fraction of sp³-hybridized carbons (Fsp3) is 0.0690. The van der Waals surface area contributed by atoms with E-state index in [0.29, 0.717) is 35.5 Å². The SMILES string of the molecule is N=C(N)NCC/N=c1/cc2n(-c3ccc(C(=O)O)cc3)c3ccccc3nc-2cc1Nc1ccc(C(=O)O)cc1. The van der Waals surface area contributed by atoms with Gasteiger partial charge in [0, 0.05) is 17.9 Å². The molecule has 3 aromatic rings. The Kier molecular flexibility index (Phi) is 7.10. The predicted molar refractivity (Wildman–Crippen MR) is 152 cm³/mol. The Balaban J connectivity index is 1.70. The molecule has 3 aromatic carbocycles. The molecule has 0 saturated carbocycles. The van der Waals surface area contributed by atoms with Crippen molar-refractivity contribution in [2.24, 2.45) is 10.7 Å². The number of para-hydroxylation sites is 2. The minimum Gasteiger partial charge on any atom is -0.478 e. The largest absolute Gasteiger partial charge is 0.478 e. The van der Waals surface area contributed by atoms with Crippen molar-refractivity contribution >= 4 is 40.3 Å². The molecule has 1 heterocycles. The molecule has 5 rings (SSSR count). The average Bonchev–Trinajstić information content (AvgIpc) is 2.94. The summed E-state index contributed by atoms with van der Waals surface area (Å²) in [6, 6.07) is 24.4. The number of nitrogens with zero attached hydrogens (tertiary/aromatic N) is 3. The van der Waals surface area contributed by atoms with Crippen molar-refractivity contribution < 1.29 is 19.8 Å². The highest BCUT2D eigenvalue weighted by Crippen LogP contribution is 2.30. The Labute approximate surface area is 228 Å². The molecule has 0 spiro atoms. The molecule has 0 radical (unpaired) electrons. The summed E-state index contributed by atoms with van der Waals surface area (Å²) in [7, 11) is 0. The van der Waals surface area contributed by atoms with Gasteiger partial charge in [-0.3, -0.25) is 10.4 Å². The zero-order chi connectivity index (χ0) is 28.2. The van der Waals surface area contributed by atoms with Crippen LogP contribution in [0.3, 0.4) is 0 Å². The number of nitrogens with two attached hydrogens (primary N) is 1. The minimum atomic E-state index is -1.01. The Morgan fingerprint density at radius 3 is 2.23 bits per heavy atom. The lowest BCUT2D eigenvalue weighted by atomic mass is 10.1. The van der Waals surface area contributed by atoms with Gasteiger partial charge in [-0.1, -0.05) is 12.1 Å². The summed E-state index contributed by atoms with van der Waals surface area (Å²) in [5.41, 5.74) is 10.8. The number of hydrogen-bond acceptors (Lipinski definition) is 6. The lowest BCUT2D eigenvalue weighted by molar-refractivity contribution is 0.0686. The zero-order valence-corrected chi connectivity index (χ0v) is 21.1. The summed E-state index contributed by atoms with van der Waals surface area (Å²) < 4.78 is 2.00. The van der Waals surface area contributed by atoms with Crippen molar-refractivity contribution in [2.45, 2.75) is 0 Å². The number of rotatable bonds is 8. The highest BCUT2D eigenvalue weighted by molar-refractivity contribution is 5.89. The molecule has 200 valence electrons. The number of fused-ring (bicyclic) bond motifs is 2. The second-order valence-electron chi connectivity index (χ2n) is 8.88. The van der Waals surface area contributed by atoms with Crippen molar-refractivity contribution in [2.75, 3.05) is 18.4 Å². The van der Waals surface area contributed by atoms with E-state index in [1.807, 2.05) is 41.0 Å². The van der Waals surface area contributed by atoms with Crippen molar-refractivity contribution in [1.29, 1.82) is 5.41 Å². The first-order valence-corrected chi connectivity index (χ1v) is 12.3. The molecule has 0 aromatic heterocycles. The van der Waals surface area contributed by atoms with E-state index in [-0.39, 0.29) is 17.1 Å². The van der Waals surface area contributed by atoms with Gasteiger partial charge in [-0.25, -0.2) is 14.6 Å². The molecule has 11 heteroatoms. The normalized spacial score (nSPS) is 11.4. The molecule has 1 aliphatic heterocycles. The third-order valence-corrected chi connectivity index (χ3v) is 6.19. The van der Waals surface area contributed by atoms with Crippen LogP contribution < -0.4 is 21.7 Å². The predicted octanol–water partition coefficient (Wildman–Crippen LogP) is 3.65. The summed E-state index contributed by atoms with van der Waals surface area (Å²) in [6.07, 6.45) is 0. The first-order valence-electron chi connectivity index (χ1n) is 12.3. The Bertz CT molecular complexity index is 1780. The number of nitrogens with one attached hydrogen (secondary N) is 3. The summed E-state index contributed by atoms with van der Waals surface area (Å²) in [4.78, 5) is 32.3. The molecule has 0 bridgehead atoms. The number of guanidine groups is 1. The van der Waals surface area contributed by atoms with Gasteiger partial charge < -0.3 is 31.1 Å². The van der Waals surface area contributed by atoms with E-state index in [1.54, 1.807) is 36.4 Å². The van der Waals surface area contributed by atoms with Gasteiger partial charge in [0.25, 0.3) is 0 Å². The van der Waals surface area contributed by atoms with E-state index < -0.39 is 11.9 Å². The number of benzene rings is 4. The number of anilines is 2. The monoisotopic (exact) mass is 535 g/mol. The quantitative estimate of drug-likeness (QED) is 0.0754. The van der Waals surface area contributed by atoms with Gasteiger partial charge in [0.15, 0.2) is 5.96 Å². The van der Waals surface area contributed by atoms with Crippen molar-refractivity contribution in [3.05, 3.63) is 101 Å². The van der Waals surface area contributed by atoms with E-state index in [2.05, 4.69) is 10.6 Å². The molecule has 40 heavy (non-hydrogen) atoms. The van der Waals surface area contributed by atoms with Gasteiger partial charge in [0.2, 0.25) is 0 Å². The molecule has 0 saturated heterocycles. The maximum atomic E-state index is 11.4. The van der Waals surface area contributed by atoms with Crippen LogP contribution in [0, 0.1) is 5.41 Å². The van der Waals surface area contributed by atoms with Crippen LogP contribution in [-0.2, 0) is 0 Å². The molecule has 0 fully saturated rings. The molecule has 1 aliphatic carbocycles. The van der Waals surface area contributed by atoms with Gasteiger partial charge in [-0.15, -0.1) is 0 Å². The van der Waals surface area contributed by atoms with Gasteiger partial charge in [-0.2, -0.15) is 0 Å². The van der Waals surface area contributed by atoms with Crippen LogP contribution in [0.15, 0.2) is 89.9 Å². The van der Waals surface area contributed by atoms with Crippen LogP contribution >= 0.6 is 0 Å². The summed E-state index contributed by atoms with van der Waals surface area (Å²) >= 11 is 0. The zero-order valence-electron chi connectivity index (χ0n) is 21.1. The lowest BCUT2D eigenvalue weighted by Gasteiger charge is -2.20. The first-order chi connectivity index (χ1) is 19.3. The van der Waals surface area contributed by atoms with Crippen molar-refractivity contribution in [1.82, 2.24) is 14.9 Å². The second-order valence-corrected chi connectivity index (χ2v) is 8.88. The highest BCUT2D eigenvalue weighted by Gasteiger charge is 2.17. The molecular weight excluding hydrogens is 510 g/mol. The second kappa shape index (κ2) is 11.0. The van der Waals surface area contributed by atoms with Gasteiger partial charge >= 0.3 is 11.9 Å². The minimum absolute atomic E-state index is 0.149. The van der Waals surface area contributed by atoms with Crippen LogP contribution in [0.2, 0.25) is 0 Å². The standard InChI is InChI=1S/C29H25N7O4/c30-29(31)33-14-13-32-22-16-26-24(15-23(22)34-19-9-5-17(6-10-19)27(37)38)35-21-3-1-2-4-25(21)36(26)20-11-7-18(8-12-20)28(39)40/h1-12,15-16,34H,13-14H2,(H,37,38)(H,39,40)(H4,30,31,33)/b32-22-. The maximum absolute atomic E-state index is 11.4. The van der Waals surface area contributed by atoms with E-state index in [4.69, 9.17) is 21.1 Å². The summed E-state index contributed by atoms with van der Waals surface area (Å²) in [5.74, 6) is -2.17. The molecular formula is C29H25N7O4. The maximum Gasteiger partial charge on any atom is 0.335 e. The molecule has 11 nitrogen and oxygen atoms in total. The van der Waals surface area contributed by atoms with E-state index in [0.717, 1.165) is 22.4 Å². The number of carbonyl (C=O) groups is 2. The molecule has 0 unspecified atom stereocenters. The molecule has 0 atom stereocenters. The Morgan fingerprint density at radius 2 is 1.57 bits per heavy atom. The fourth-order valence-corrected chi connectivity index (χ4v) is 4.32. The topological polar surface area (TPSA) is 179 Å². The van der Waals surface area contributed by atoms with E-state index >= 15 is 0 Å².